The molecule has 0 heterocycles. The number of halogens is 1. The van der Waals surface area contributed by atoms with E-state index in [1.807, 2.05) is 24.3 Å². The molecule has 2 aromatic carbocycles. The Labute approximate surface area is 161 Å². The highest BCUT2D eigenvalue weighted by Crippen LogP contribution is 2.29. The van der Waals surface area contributed by atoms with Gasteiger partial charge in [0.25, 0.3) is 0 Å². The lowest BCUT2D eigenvalue weighted by atomic mass is 10.1. The number of ether oxygens (including phenoxy) is 1. The molecule has 0 saturated heterocycles. The van der Waals surface area contributed by atoms with Crippen LogP contribution < -0.4 is 14.8 Å². The van der Waals surface area contributed by atoms with E-state index >= 15 is 0 Å². The van der Waals surface area contributed by atoms with Crippen molar-refractivity contribution in [3.05, 3.63) is 52.5 Å². The van der Waals surface area contributed by atoms with Gasteiger partial charge < -0.3 is 10.1 Å². The van der Waals surface area contributed by atoms with E-state index in [9.17, 15) is 13.2 Å². The van der Waals surface area contributed by atoms with Crippen LogP contribution in [0, 0.1) is 0 Å². The van der Waals surface area contributed by atoms with Gasteiger partial charge in [-0.3, -0.25) is 4.79 Å². The highest BCUT2D eigenvalue weighted by Gasteiger charge is 2.28. The third-order valence-corrected chi connectivity index (χ3v) is 5.98. The summed E-state index contributed by atoms with van der Waals surface area (Å²) in [6, 6.07) is 11.9. The van der Waals surface area contributed by atoms with E-state index in [1.165, 1.54) is 25.3 Å². The van der Waals surface area contributed by atoms with Crippen LogP contribution in [0.15, 0.2) is 51.8 Å². The van der Waals surface area contributed by atoms with Gasteiger partial charge in [-0.1, -0.05) is 28.1 Å². The maximum absolute atomic E-state index is 12.4. The van der Waals surface area contributed by atoms with Crippen LogP contribution in [0.2, 0.25) is 0 Å². The summed E-state index contributed by atoms with van der Waals surface area (Å²) < 4.78 is 33.5. The molecule has 0 aliphatic heterocycles. The summed E-state index contributed by atoms with van der Waals surface area (Å²) in [5.74, 6) is 0.148. The van der Waals surface area contributed by atoms with Crippen LogP contribution in [0.4, 0.5) is 5.69 Å². The molecule has 0 spiro atoms. The fourth-order valence-corrected chi connectivity index (χ4v) is 4.02. The smallest absolute Gasteiger partial charge is 0.240 e. The van der Waals surface area contributed by atoms with Gasteiger partial charge in [-0.15, -0.1) is 0 Å². The number of sulfonamides is 1. The first kappa shape index (κ1) is 18.9. The second-order valence-corrected chi connectivity index (χ2v) is 8.74. The quantitative estimate of drug-likeness (QED) is 0.695. The van der Waals surface area contributed by atoms with Crippen LogP contribution in [0.5, 0.6) is 5.75 Å². The Morgan fingerprint density at radius 1 is 1.19 bits per heavy atom. The van der Waals surface area contributed by atoms with Gasteiger partial charge in [0.15, 0.2) is 0 Å². The number of rotatable bonds is 7. The Bertz CT molecular complexity index is 909. The van der Waals surface area contributed by atoms with Gasteiger partial charge in [0, 0.05) is 10.5 Å². The van der Waals surface area contributed by atoms with E-state index in [0.717, 1.165) is 22.9 Å². The van der Waals surface area contributed by atoms with E-state index in [0.29, 0.717) is 11.4 Å². The lowest BCUT2D eigenvalue weighted by Crippen LogP contribution is -2.26. The Morgan fingerprint density at radius 3 is 2.50 bits per heavy atom. The predicted molar refractivity (Wildman–Crippen MR) is 103 cm³/mol. The van der Waals surface area contributed by atoms with Crippen LogP contribution >= 0.6 is 15.9 Å². The minimum atomic E-state index is -3.61. The van der Waals surface area contributed by atoms with E-state index in [2.05, 4.69) is 26.0 Å². The van der Waals surface area contributed by atoms with Gasteiger partial charge in [0.05, 0.1) is 24.1 Å². The van der Waals surface area contributed by atoms with Crippen molar-refractivity contribution in [1.82, 2.24) is 4.72 Å². The molecule has 1 saturated carbocycles. The standard InChI is InChI=1S/C18H19BrN2O4S/c1-25-17-9-8-15(26(23,24)21-14-6-7-14)11-16(17)20-18(22)10-12-2-4-13(19)5-3-12/h2-5,8-9,11,14,21H,6-7,10H2,1H3,(H,20,22). The normalized spacial score (nSPS) is 14.1. The molecule has 26 heavy (non-hydrogen) atoms. The van der Waals surface area contributed by atoms with Crippen LogP contribution in [0.3, 0.4) is 0 Å². The van der Waals surface area contributed by atoms with Crippen molar-refractivity contribution < 1.29 is 17.9 Å². The fourth-order valence-electron chi connectivity index (χ4n) is 2.42. The molecule has 8 heteroatoms. The summed E-state index contributed by atoms with van der Waals surface area (Å²) in [5, 5.41) is 2.74. The second-order valence-electron chi connectivity index (χ2n) is 6.11. The first-order valence-corrected chi connectivity index (χ1v) is 10.4. The SMILES string of the molecule is COc1ccc(S(=O)(=O)NC2CC2)cc1NC(=O)Cc1ccc(Br)cc1. The van der Waals surface area contributed by atoms with Gasteiger partial charge in [-0.2, -0.15) is 0 Å². The molecule has 0 unspecified atom stereocenters. The molecular formula is C18H19BrN2O4S. The van der Waals surface area contributed by atoms with Gasteiger partial charge in [-0.25, -0.2) is 13.1 Å². The van der Waals surface area contributed by atoms with Crippen molar-refractivity contribution in [3.63, 3.8) is 0 Å². The van der Waals surface area contributed by atoms with Crippen molar-refractivity contribution in [1.29, 1.82) is 0 Å². The third kappa shape index (κ3) is 4.84. The number of hydrogen-bond donors (Lipinski definition) is 2. The van der Waals surface area contributed by atoms with E-state index in [4.69, 9.17) is 4.74 Å². The second kappa shape index (κ2) is 7.77. The van der Waals surface area contributed by atoms with Crippen molar-refractivity contribution >= 4 is 37.5 Å². The Morgan fingerprint density at radius 2 is 1.88 bits per heavy atom. The molecule has 0 aromatic heterocycles. The number of amides is 1. The highest BCUT2D eigenvalue weighted by atomic mass is 79.9. The molecule has 3 rings (SSSR count). The van der Waals surface area contributed by atoms with Crippen molar-refractivity contribution in [2.45, 2.75) is 30.2 Å². The maximum atomic E-state index is 12.4. The molecule has 138 valence electrons. The minimum Gasteiger partial charge on any atom is -0.495 e. The molecule has 6 nitrogen and oxygen atoms in total. The average molecular weight is 439 g/mol. The number of anilines is 1. The van der Waals surface area contributed by atoms with Crippen LogP contribution in [-0.4, -0.2) is 27.5 Å². The zero-order valence-corrected chi connectivity index (χ0v) is 16.6. The van der Waals surface area contributed by atoms with E-state index in [-0.39, 0.29) is 23.3 Å². The molecule has 1 aliphatic carbocycles. The van der Waals surface area contributed by atoms with E-state index in [1.54, 1.807) is 0 Å². The lowest BCUT2D eigenvalue weighted by Gasteiger charge is -2.13. The first-order valence-electron chi connectivity index (χ1n) is 8.12. The fraction of sp³-hybridized carbons (Fsp3) is 0.278. The summed E-state index contributed by atoms with van der Waals surface area (Å²) in [6.45, 7) is 0. The molecule has 0 bridgehead atoms. The Hall–Kier alpha value is -1.90. The van der Waals surface area contributed by atoms with Crippen LogP contribution in [0.25, 0.3) is 0 Å². The van der Waals surface area contributed by atoms with E-state index < -0.39 is 10.0 Å². The zero-order valence-electron chi connectivity index (χ0n) is 14.2. The van der Waals surface area contributed by atoms with Crippen molar-refractivity contribution in [2.75, 3.05) is 12.4 Å². The summed E-state index contributed by atoms with van der Waals surface area (Å²) in [7, 11) is -2.14. The van der Waals surface area contributed by atoms with Gasteiger partial charge in [-0.05, 0) is 48.7 Å². The number of nitrogens with one attached hydrogen (secondary N) is 2. The molecule has 0 radical (unpaired) electrons. The molecule has 2 aromatic rings. The monoisotopic (exact) mass is 438 g/mol. The lowest BCUT2D eigenvalue weighted by molar-refractivity contribution is -0.115. The molecule has 0 atom stereocenters. The topological polar surface area (TPSA) is 84.5 Å². The van der Waals surface area contributed by atoms with Gasteiger partial charge in [0.2, 0.25) is 15.9 Å². The summed E-state index contributed by atoms with van der Waals surface area (Å²) in [5.41, 5.74) is 1.18. The highest BCUT2D eigenvalue weighted by molar-refractivity contribution is 9.10. The minimum absolute atomic E-state index is 0.0116. The number of hydrogen-bond acceptors (Lipinski definition) is 4. The maximum Gasteiger partial charge on any atom is 0.240 e. The van der Waals surface area contributed by atoms with Crippen molar-refractivity contribution in [3.8, 4) is 5.75 Å². The number of carbonyl (C=O) groups is 1. The molecule has 2 N–H and O–H groups in total. The zero-order chi connectivity index (χ0) is 18.7. The number of carbonyl (C=O) groups excluding carboxylic acids is 1. The Kier molecular flexibility index (Phi) is 5.64. The van der Waals surface area contributed by atoms with Crippen LogP contribution in [0.1, 0.15) is 18.4 Å². The number of benzene rings is 2. The van der Waals surface area contributed by atoms with Crippen LogP contribution in [-0.2, 0) is 21.2 Å². The molecular weight excluding hydrogens is 420 g/mol. The third-order valence-electron chi connectivity index (χ3n) is 3.93. The first-order chi connectivity index (χ1) is 12.4. The molecule has 1 fully saturated rings. The summed E-state index contributed by atoms with van der Waals surface area (Å²) >= 11 is 3.35. The molecule has 1 amide bonds. The Balaban J connectivity index is 1.77. The summed E-state index contributed by atoms with van der Waals surface area (Å²) in [6.07, 6.45) is 1.88. The largest absolute Gasteiger partial charge is 0.495 e. The average Bonchev–Trinajstić information content (AvgIpc) is 3.40. The van der Waals surface area contributed by atoms with Crippen molar-refractivity contribution in [2.24, 2.45) is 0 Å². The summed E-state index contributed by atoms with van der Waals surface area (Å²) in [4.78, 5) is 12.4. The predicted octanol–water partition coefficient (Wildman–Crippen LogP) is 3.08. The molecule has 1 aliphatic rings. The van der Waals surface area contributed by atoms with Gasteiger partial charge >= 0.3 is 0 Å². The van der Waals surface area contributed by atoms with Gasteiger partial charge in [0.1, 0.15) is 5.75 Å². The number of methoxy groups -OCH3 is 1.